The first-order valence-corrected chi connectivity index (χ1v) is 7.35. The number of pyridine rings is 1. The number of aromatic nitrogens is 1. The fraction of sp³-hybridized carbons (Fsp3) is 0.294. The van der Waals surface area contributed by atoms with Crippen molar-refractivity contribution in [2.24, 2.45) is 5.10 Å². The molecule has 0 unspecified atom stereocenters. The Morgan fingerprint density at radius 1 is 1.00 bits per heavy atom. The maximum Gasteiger partial charge on any atom is 0.0558 e. The summed E-state index contributed by atoms with van der Waals surface area (Å²) in [5.74, 6) is 0. The molecule has 0 atom stereocenters. The Morgan fingerprint density at radius 2 is 1.81 bits per heavy atom. The van der Waals surface area contributed by atoms with Gasteiger partial charge < -0.3 is 0 Å². The summed E-state index contributed by atoms with van der Waals surface area (Å²) < 4.78 is 0. The molecule has 108 valence electrons. The largest absolute Gasteiger partial charge is 0.295 e. The number of hydrogen-bond donors (Lipinski definition) is 0. The monoisotopic (exact) mass is 280 g/mol. The van der Waals surface area contributed by atoms with Gasteiger partial charge in [0.05, 0.1) is 6.21 Å². The van der Waals surface area contributed by atoms with Crippen molar-refractivity contribution in [3.63, 3.8) is 0 Å². The molecule has 4 heteroatoms. The molecule has 0 radical (unpaired) electrons. The molecule has 0 amide bonds. The smallest absolute Gasteiger partial charge is 0.0558 e. The van der Waals surface area contributed by atoms with Crippen LogP contribution >= 0.6 is 0 Å². The molecule has 4 nitrogen and oxygen atoms in total. The van der Waals surface area contributed by atoms with Gasteiger partial charge in [0.25, 0.3) is 0 Å². The third-order valence-electron chi connectivity index (χ3n) is 3.65. The minimum Gasteiger partial charge on any atom is -0.295 e. The molecule has 2 aromatic rings. The van der Waals surface area contributed by atoms with Crippen molar-refractivity contribution >= 4 is 6.21 Å². The van der Waals surface area contributed by atoms with E-state index in [4.69, 9.17) is 0 Å². The zero-order valence-electron chi connectivity index (χ0n) is 12.1. The van der Waals surface area contributed by atoms with E-state index in [0.29, 0.717) is 0 Å². The molecule has 2 heterocycles. The highest BCUT2D eigenvalue weighted by molar-refractivity contribution is 5.78. The van der Waals surface area contributed by atoms with Crippen LogP contribution in [0.2, 0.25) is 0 Å². The van der Waals surface area contributed by atoms with Gasteiger partial charge in [-0.25, -0.2) is 0 Å². The Balaban J connectivity index is 1.48. The van der Waals surface area contributed by atoms with Gasteiger partial charge in [-0.1, -0.05) is 36.4 Å². The van der Waals surface area contributed by atoms with Crippen LogP contribution in [0.1, 0.15) is 11.1 Å². The van der Waals surface area contributed by atoms with E-state index in [0.717, 1.165) is 38.3 Å². The summed E-state index contributed by atoms with van der Waals surface area (Å²) >= 11 is 0. The van der Waals surface area contributed by atoms with Crippen LogP contribution < -0.4 is 0 Å². The van der Waals surface area contributed by atoms with Crippen molar-refractivity contribution in [3.8, 4) is 0 Å². The first-order chi connectivity index (χ1) is 10.4. The standard InChI is InChI=1S/C17H20N4/c1-2-5-16(6-3-1)15-20-9-11-21(12-10-20)19-14-17-7-4-8-18-13-17/h1-8,13-14H,9-12,15H2/b19-14-. The molecular formula is C17H20N4. The van der Waals surface area contributed by atoms with Crippen LogP contribution in [0.3, 0.4) is 0 Å². The van der Waals surface area contributed by atoms with Gasteiger partial charge in [-0.2, -0.15) is 5.10 Å². The number of hydrazone groups is 1. The fourth-order valence-corrected chi connectivity index (χ4v) is 2.45. The van der Waals surface area contributed by atoms with Gasteiger partial charge >= 0.3 is 0 Å². The lowest BCUT2D eigenvalue weighted by Crippen LogP contribution is -2.43. The molecule has 0 bridgehead atoms. The van der Waals surface area contributed by atoms with Gasteiger partial charge in [-0.3, -0.25) is 14.9 Å². The summed E-state index contributed by atoms with van der Waals surface area (Å²) in [6.07, 6.45) is 5.49. The quantitative estimate of drug-likeness (QED) is 0.805. The lowest BCUT2D eigenvalue weighted by molar-refractivity contribution is 0.131. The maximum atomic E-state index is 4.54. The number of piperazine rings is 1. The van der Waals surface area contributed by atoms with E-state index in [1.54, 1.807) is 6.20 Å². The van der Waals surface area contributed by atoms with Gasteiger partial charge in [0, 0.05) is 50.7 Å². The summed E-state index contributed by atoms with van der Waals surface area (Å²) in [7, 11) is 0. The SMILES string of the molecule is C(=N/N1CCN(Cc2ccccc2)CC1)/c1cccnc1. The maximum absolute atomic E-state index is 4.54. The topological polar surface area (TPSA) is 31.7 Å². The number of rotatable bonds is 4. The zero-order chi connectivity index (χ0) is 14.3. The number of hydrogen-bond acceptors (Lipinski definition) is 4. The zero-order valence-corrected chi connectivity index (χ0v) is 12.1. The molecule has 1 aromatic heterocycles. The highest BCUT2D eigenvalue weighted by Gasteiger charge is 2.15. The Labute approximate surface area is 125 Å². The highest BCUT2D eigenvalue weighted by atomic mass is 15.5. The van der Waals surface area contributed by atoms with Crippen LogP contribution in [0.25, 0.3) is 0 Å². The Kier molecular flexibility index (Phi) is 4.59. The molecule has 3 rings (SSSR count). The fourth-order valence-electron chi connectivity index (χ4n) is 2.45. The van der Waals surface area contributed by atoms with E-state index in [-0.39, 0.29) is 0 Å². The Morgan fingerprint density at radius 3 is 2.52 bits per heavy atom. The van der Waals surface area contributed by atoms with Gasteiger partial charge in [-0.05, 0) is 11.6 Å². The summed E-state index contributed by atoms with van der Waals surface area (Å²) in [5.41, 5.74) is 2.43. The van der Waals surface area contributed by atoms with Gasteiger partial charge in [0.15, 0.2) is 0 Å². The van der Waals surface area contributed by atoms with Crippen LogP contribution in [0.4, 0.5) is 0 Å². The number of nitrogens with zero attached hydrogens (tertiary/aromatic N) is 4. The van der Waals surface area contributed by atoms with Crippen LogP contribution in [-0.2, 0) is 6.54 Å². The Hall–Kier alpha value is -2.20. The summed E-state index contributed by atoms with van der Waals surface area (Å²) in [6, 6.07) is 14.6. The average Bonchev–Trinajstić information content (AvgIpc) is 2.56. The first-order valence-electron chi connectivity index (χ1n) is 7.35. The van der Waals surface area contributed by atoms with Crippen molar-refractivity contribution in [2.75, 3.05) is 26.2 Å². The molecule has 0 aliphatic carbocycles. The van der Waals surface area contributed by atoms with Gasteiger partial charge in [-0.15, -0.1) is 0 Å². The van der Waals surface area contributed by atoms with Crippen LogP contribution in [0.5, 0.6) is 0 Å². The lowest BCUT2D eigenvalue weighted by atomic mass is 10.2. The molecule has 1 fully saturated rings. The minimum atomic E-state index is 0.976. The molecule has 0 saturated carbocycles. The molecule has 21 heavy (non-hydrogen) atoms. The molecule has 0 spiro atoms. The minimum absolute atomic E-state index is 0.976. The van der Waals surface area contributed by atoms with Crippen molar-refractivity contribution in [2.45, 2.75) is 6.54 Å². The molecule has 1 aliphatic rings. The average molecular weight is 280 g/mol. The molecule has 1 aromatic carbocycles. The molecule has 0 N–H and O–H groups in total. The highest BCUT2D eigenvalue weighted by Crippen LogP contribution is 2.08. The summed E-state index contributed by atoms with van der Waals surface area (Å²) in [4.78, 5) is 6.57. The number of benzene rings is 1. The van der Waals surface area contributed by atoms with Crippen LogP contribution in [0.15, 0.2) is 60.0 Å². The van der Waals surface area contributed by atoms with E-state index >= 15 is 0 Å². The second-order valence-electron chi connectivity index (χ2n) is 5.25. The van der Waals surface area contributed by atoms with E-state index in [1.807, 2.05) is 24.5 Å². The van der Waals surface area contributed by atoms with E-state index in [2.05, 4.69) is 50.3 Å². The Bertz CT molecular complexity index is 560. The van der Waals surface area contributed by atoms with E-state index in [1.165, 1.54) is 5.56 Å². The second-order valence-corrected chi connectivity index (χ2v) is 5.25. The van der Waals surface area contributed by atoms with Gasteiger partial charge in [0.2, 0.25) is 0 Å². The third kappa shape index (κ3) is 4.13. The third-order valence-corrected chi connectivity index (χ3v) is 3.65. The lowest BCUT2D eigenvalue weighted by Gasteiger charge is -2.33. The predicted molar refractivity (Wildman–Crippen MR) is 85.1 cm³/mol. The van der Waals surface area contributed by atoms with Crippen molar-refractivity contribution in [1.29, 1.82) is 0 Å². The normalized spacial score (nSPS) is 16.5. The molecule has 1 saturated heterocycles. The van der Waals surface area contributed by atoms with Crippen LogP contribution in [0, 0.1) is 0 Å². The van der Waals surface area contributed by atoms with E-state index < -0.39 is 0 Å². The van der Waals surface area contributed by atoms with Crippen molar-refractivity contribution in [3.05, 3.63) is 66.0 Å². The first kappa shape index (κ1) is 13.8. The van der Waals surface area contributed by atoms with Gasteiger partial charge in [0.1, 0.15) is 0 Å². The van der Waals surface area contributed by atoms with E-state index in [9.17, 15) is 0 Å². The second kappa shape index (κ2) is 6.99. The summed E-state index contributed by atoms with van der Waals surface area (Å²) in [5, 5.41) is 6.67. The van der Waals surface area contributed by atoms with Crippen molar-refractivity contribution < 1.29 is 0 Å². The molecular weight excluding hydrogens is 260 g/mol. The predicted octanol–water partition coefficient (Wildman–Crippen LogP) is 2.23. The van der Waals surface area contributed by atoms with Crippen molar-refractivity contribution in [1.82, 2.24) is 14.9 Å². The summed E-state index contributed by atoms with van der Waals surface area (Å²) in [6.45, 7) is 5.09. The van der Waals surface area contributed by atoms with Crippen LogP contribution in [-0.4, -0.2) is 47.3 Å². The molecule has 1 aliphatic heterocycles.